The number of carbonyl (C=O) groups is 1. The Morgan fingerprint density at radius 3 is 2.53 bits per heavy atom. The molecule has 1 aromatic rings. The molecule has 6 heteroatoms. The summed E-state index contributed by atoms with van der Waals surface area (Å²) in [5, 5.41) is 9.32. The average Bonchev–Trinajstić information content (AvgIpc) is 2.32. The van der Waals surface area contributed by atoms with Crippen LogP contribution in [0.4, 0.5) is 16.3 Å². The zero-order valence-electron chi connectivity index (χ0n) is 9.46. The van der Waals surface area contributed by atoms with E-state index in [0.717, 1.165) is 0 Å². The number of aromatic nitrogens is 2. The van der Waals surface area contributed by atoms with Gasteiger partial charge in [0.15, 0.2) is 5.82 Å². The molecule has 15 heavy (non-hydrogen) atoms. The molecule has 2 amide bonds. The fraction of sp³-hybridized carbons (Fsp3) is 0.556. The van der Waals surface area contributed by atoms with Crippen molar-refractivity contribution in [3.05, 3.63) is 6.20 Å². The van der Waals surface area contributed by atoms with Gasteiger partial charge in [-0.15, -0.1) is 0 Å². The zero-order chi connectivity index (χ0) is 11.6. The molecule has 0 aromatic carbocycles. The molecule has 0 atom stereocenters. The van der Waals surface area contributed by atoms with E-state index >= 15 is 0 Å². The molecule has 0 unspecified atom stereocenters. The van der Waals surface area contributed by atoms with E-state index in [0.29, 0.717) is 11.5 Å². The van der Waals surface area contributed by atoms with Crippen LogP contribution < -0.4 is 16.4 Å². The number of nitrogens with zero attached hydrogens (tertiary/aromatic N) is 2. The molecular formula is C9H17N5O. The highest BCUT2D eigenvalue weighted by molar-refractivity contribution is 5.91. The highest BCUT2D eigenvalue weighted by Crippen LogP contribution is 2.15. The number of amides is 2. The lowest BCUT2D eigenvalue weighted by Gasteiger charge is -2.20. The quantitative estimate of drug-likeness (QED) is 0.645. The van der Waals surface area contributed by atoms with Crippen LogP contribution in [0.2, 0.25) is 0 Å². The van der Waals surface area contributed by atoms with Gasteiger partial charge in [0, 0.05) is 12.6 Å². The second-order valence-corrected chi connectivity index (χ2v) is 4.40. The number of nitrogen functional groups attached to an aromatic ring is 1. The van der Waals surface area contributed by atoms with Crippen LogP contribution >= 0.6 is 0 Å². The lowest BCUT2D eigenvalue weighted by molar-refractivity contribution is 0.243. The Morgan fingerprint density at radius 1 is 1.53 bits per heavy atom. The minimum absolute atomic E-state index is 0.280. The fourth-order valence-corrected chi connectivity index (χ4v) is 1.09. The third kappa shape index (κ3) is 3.16. The first-order chi connectivity index (χ1) is 6.79. The summed E-state index contributed by atoms with van der Waals surface area (Å²) in [4.78, 5) is 11.5. The summed E-state index contributed by atoms with van der Waals surface area (Å²) >= 11 is 0. The normalized spacial score (nSPS) is 11.2. The third-order valence-electron chi connectivity index (χ3n) is 1.69. The molecule has 6 nitrogen and oxygen atoms in total. The second-order valence-electron chi connectivity index (χ2n) is 4.40. The Kier molecular flexibility index (Phi) is 2.88. The molecule has 1 heterocycles. The number of hydrogen-bond acceptors (Lipinski definition) is 3. The lowest BCUT2D eigenvalue weighted by Crippen LogP contribution is -2.43. The molecule has 0 fully saturated rings. The molecule has 1 aromatic heterocycles. The molecule has 0 spiro atoms. The van der Waals surface area contributed by atoms with Gasteiger partial charge in [-0.2, -0.15) is 5.10 Å². The first-order valence-corrected chi connectivity index (χ1v) is 4.66. The van der Waals surface area contributed by atoms with Crippen LogP contribution in [0.25, 0.3) is 0 Å². The van der Waals surface area contributed by atoms with Gasteiger partial charge < -0.3 is 11.1 Å². The Hall–Kier alpha value is -1.72. The summed E-state index contributed by atoms with van der Waals surface area (Å²) in [5.74, 6) is 0.497. The molecule has 1 rings (SSSR count). The monoisotopic (exact) mass is 211 g/mol. The Morgan fingerprint density at radius 2 is 2.13 bits per heavy atom. The van der Waals surface area contributed by atoms with Crippen LogP contribution in [0.5, 0.6) is 0 Å². The summed E-state index contributed by atoms with van der Waals surface area (Å²) in [7, 11) is 1.71. The molecule has 4 N–H and O–H groups in total. The Balaban J connectivity index is 2.67. The van der Waals surface area contributed by atoms with Gasteiger partial charge in [-0.05, 0) is 20.8 Å². The number of carbonyl (C=O) groups excluding carboxylic acids is 1. The Labute approximate surface area is 88.8 Å². The van der Waals surface area contributed by atoms with Crippen molar-refractivity contribution >= 4 is 17.5 Å². The molecule has 0 radical (unpaired) electrons. The number of nitrogens with one attached hydrogen (secondary N) is 2. The number of aryl methyl sites for hydroxylation is 1. The number of anilines is 2. The summed E-state index contributed by atoms with van der Waals surface area (Å²) in [5.41, 5.74) is 5.79. The molecule has 0 saturated carbocycles. The smallest absolute Gasteiger partial charge is 0.320 e. The van der Waals surface area contributed by atoms with E-state index in [2.05, 4.69) is 15.7 Å². The summed E-state index contributed by atoms with van der Waals surface area (Å²) < 4.78 is 1.51. The van der Waals surface area contributed by atoms with Crippen molar-refractivity contribution in [3.8, 4) is 0 Å². The summed E-state index contributed by atoms with van der Waals surface area (Å²) in [6.07, 6.45) is 1.49. The minimum Gasteiger partial charge on any atom is -0.394 e. The van der Waals surface area contributed by atoms with Gasteiger partial charge in [-0.3, -0.25) is 10.00 Å². The van der Waals surface area contributed by atoms with E-state index < -0.39 is 0 Å². The van der Waals surface area contributed by atoms with Gasteiger partial charge in [-0.25, -0.2) is 4.79 Å². The van der Waals surface area contributed by atoms with Crippen LogP contribution in [0.15, 0.2) is 6.20 Å². The maximum Gasteiger partial charge on any atom is 0.320 e. The van der Waals surface area contributed by atoms with Crippen molar-refractivity contribution in [2.45, 2.75) is 26.3 Å². The van der Waals surface area contributed by atoms with E-state index in [4.69, 9.17) is 5.73 Å². The topological polar surface area (TPSA) is 85.0 Å². The molecular weight excluding hydrogens is 194 g/mol. The SMILES string of the molecule is Cn1ncc(N)c1NC(=O)NC(C)(C)C. The van der Waals surface area contributed by atoms with E-state index in [9.17, 15) is 4.79 Å². The molecule has 0 saturated heterocycles. The predicted molar refractivity (Wildman–Crippen MR) is 59.5 cm³/mol. The van der Waals surface area contributed by atoms with Crippen molar-refractivity contribution in [1.82, 2.24) is 15.1 Å². The van der Waals surface area contributed by atoms with E-state index in [1.54, 1.807) is 7.05 Å². The van der Waals surface area contributed by atoms with Gasteiger partial charge in [0.25, 0.3) is 0 Å². The van der Waals surface area contributed by atoms with Gasteiger partial charge >= 0.3 is 6.03 Å². The van der Waals surface area contributed by atoms with Crippen molar-refractivity contribution in [2.24, 2.45) is 7.05 Å². The van der Waals surface area contributed by atoms with Crippen LogP contribution in [0.3, 0.4) is 0 Å². The number of hydrogen-bond donors (Lipinski definition) is 3. The molecule has 0 aliphatic heterocycles. The summed E-state index contributed by atoms with van der Waals surface area (Å²) in [6.45, 7) is 5.71. The molecule has 0 aliphatic carbocycles. The first kappa shape index (κ1) is 11.4. The van der Waals surface area contributed by atoms with Crippen LogP contribution in [0, 0.1) is 0 Å². The molecule has 0 aliphatic rings. The lowest BCUT2D eigenvalue weighted by atomic mass is 10.1. The van der Waals surface area contributed by atoms with E-state index in [1.165, 1.54) is 10.9 Å². The average molecular weight is 211 g/mol. The van der Waals surface area contributed by atoms with Gasteiger partial charge in [0.2, 0.25) is 0 Å². The molecule has 84 valence electrons. The maximum absolute atomic E-state index is 11.5. The highest BCUT2D eigenvalue weighted by atomic mass is 16.2. The van der Waals surface area contributed by atoms with Crippen molar-refractivity contribution in [3.63, 3.8) is 0 Å². The largest absolute Gasteiger partial charge is 0.394 e. The van der Waals surface area contributed by atoms with Crippen LogP contribution in [-0.2, 0) is 7.05 Å². The Bertz CT molecular complexity index is 344. The van der Waals surface area contributed by atoms with E-state index in [-0.39, 0.29) is 11.6 Å². The third-order valence-corrected chi connectivity index (χ3v) is 1.69. The van der Waals surface area contributed by atoms with Crippen molar-refractivity contribution < 1.29 is 4.79 Å². The second kappa shape index (κ2) is 3.80. The summed E-state index contributed by atoms with van der Waals surface area (Å²) in [6, 6.07) is -0.294. The van der Waals surface area contributed by atoms with Gasteiger partial charge in [0.05, 0.1) is 11.9 Å². The van der Waals surface area contributed by atoms with Crippen molar-refractivity contribution in [2.75, 3.05) is 11.1 Å². The number of nitrogens with two attached hydrogens (primary N) is 1. The van der Waals surface area contributed by atoms with E-state index in [1.807, 2.05) is 20.8 Å². The van der Waals surface area contributed by atoms with Crippen LogP contribution in [0.1, 0.15) is 20.8 Å². The predicted octanol–water partition coefficient (Wildman–Crippen LogP) is 0.922. The van der Waals surface area contributed by atoms with Gasteiger partial charge in [-0.1, -0.05) is 0 Å². The zero-order valence-corrected chi connectivity index (χ0v) is 9.46. The van der Waals surface area contributed by atoms with Gasteiger partial charge in [0.1, 0.15) is 0 Å². The molecule has 0 bridgehead atoms. The number of rotatable bonds is 1. The maximum atomic E-state index is 11.5. The fourth-order valence-electron chi connectivity index (χ4n) is 1.09. The number of urea groups is 1. The minimum atomic E-state index is -0.294. The van der Waals surface area contributed by atoms with Crippen molar-refractivity contribution in [1.29, 1.82) is 0 Å². The van der Waals surface area contributed by atoms with Crippen LogP contribution in [-0.4, -0.2) is 21.4 Å². The first-order valence-electron chi connectivity index (χ1n) is 4.66. The standard InChI is InChI=1S/C9H17N5O/c1-9(2,3)13-8(15)12-7-6(10)5-11-14(7)4/h5H,10H2,1-4H3,(H2,12,13,15). The highest BCUT2D eigenvalue weighted by Gasteiger charge is 2.15.